The van der Waals surface area contributed by atoms with E-state index in [1.807, 2.05) is 12.1 Å². The van der Waals surface area contributed by atoms with Crippen molar-refractivity contribution in [2.24, 2.45) is 50.2 Å². The number of pyridine rings is 1. The number of aromatic nitrogens is 1. The molecule has 7 atom stereocenters. The fraction of sp³-hybridized carbons (Fsp3) is 0.795. The predicted molar refractivity (Wildman–Crippen MR) is 209 cm³/mol. The molecule has 5 fully saturated rings. The molecular weight excluding hydrogens is 667 g/mol. The maximum Gasteiger partial charge on any atom is 0.230 e. The van der Waals surface area contributed by atoms with Crippen molar-refractivity contribution in [3.8, 4) is 0 Å². The molecule has 2 heterocycles. The van der Waals surface area contributed by atoms with Gasteiger partial charge in [0.2, 0.25) is 5.91 Å². The second-order valence-corrected chi connectivity index (χ2v) is 22.7. The number of ketones is 1. The summed E-state index contributed by atoms with van der Waals surface area (Å²) in [6.07, 6.45) is 17.1. The minimum atomic E-state index is -2.88. The quantitative estimate of drug-likeness (QED) is 0.164. The number of nitrogens with one attached hydrogen (secondary N) is 1. The number of amides is 1. The molecule has 0 aromatic carbocycles. The Kier molecular flexibility index (Phi) is 9.78. The highest BCUT2D eigenvalue weighted by atomic mass is 32.2. The van der Waals surface area contributed by atoms with Gasteiger partial charge in [0.05, 0.1) is 16.9 Å². The van der Waals surface area contributed by atoms with Crippen LogP contribution < -0.4 is 5.32 Å². The molecule has 0 bridgehead atoms. The van der Waals surface area contributed by atoms with E-state index in [0.29, 0.717) is 43.8 Å². The Balaban J connectivity index is 1.11. The van der Waals surface area contributed by atoms with Gasteiger partial charge < -0.3 is 10.2 Å². The highest BCUT2D eigenvalue weighted by molar-refractivity contribution is 7.91. The summed E-state index contributed by atoms with van der Waals surface area (Å²) < 4.78 is 23.8. The molecule has 1 saturated heterocycles. The number of fused-ring (bicyclic) bond motifs is 6. The van der Waals surface area contributed by atoms with Gasteiger partial charge in [-0.2, -0.15) is 0 Å². The molecule has 0 radical (unpaired) electrons. The zero-order valence-corrected chi connectivity index (χ0v) is 34.2. The first-order chi connectivity index (χ1) is 24.4. The summed E-state index contributed by atoms with van der Waals surface area (Å²) in [5.74, 6) is 2.59. The summed E-state index contributed by atoms with van der Waals surface area (Å²) in [7, 11) is -2.88. The Bertz CT molecular complexity index is 1690. The minimum Gasteiger partial charge on any atom is -0.355 e. The molecular formula is C44H67N3O4S. The Morgan fingerprint density at radius 2 is 1.62 bits per heavy atom. The van der Waals surface area contributed by atoms with E-state index >= 15 is 0 Å². The van der Waals surface area contributed by atoms with Crippen molar-refractivity contribution in [3.05, 3.63) is 41.2 Å². The average Bonchev–Trinajstić information content (AvgIpc) is 3.09. The molecule has 1 N–H and O–H groups in total. The molecule has 0 spiro atoms. The molecule has 4 saturated carbocycles. The first kappa shape index (κ1) is 38.2. The lowest BCUT2D eigenvalue weighted by atomic mass is 9.33. The predicted octanol–water partition coefficient (Wildman–Crippen LogP) is 8.45. The number of sulfone groups is 1. The van der Waals surface area contributed by atoms with Crippen LogP contribution >= 0.6 is 0 Å². The van der Waals surface area contributed by atoms with Crippen molar-refractivity contribution >= 4 is 21.5 Å². The third-order valence-corrected chi connectivity index (χ3v) is 18.6. The van der Waals surface area contributed by atoms with E-state index in [1.165, 1.54) is 31.3 Å². The molecule has 1 aromatic rings. The normalized spacial score (nSPS) is 39.3. The number of Topliss-reactive ketones (excluding diaryl/α,β-unsaturated/α-hetero) is 1. The Morgan fingerprint density at radius 1 is 0.885 bits per heavy atom. The van der Waals surface area contributed by atoms with Gasteiger partial charge in [-0.15, -0.1) is 0 Å². The molecule has 6 aliphatic rings. The highest BCUT2D eigenvalue weighted by Crippen LogP contribution is 2.76. The van der Waals surface area contributed by atoms with E-state index in [1.54, 1.807) is 18.0 Å². The molecule has 52 heavy (non-hydrogen) atoms. The molecule has 7 nitrogen and oxygen atoms in total. The van der Waals surface area contributed by atoms with E-state index in [2.05, 4.69) is 63.7 Å². The SMILES string of the molecule is CC1(C)CC[C@]2(C(=O)NCCCN3CCS(=O)(=O)CC3)CC[C@]3(C)C(=C2C1)CC[C@@H]1[C@@]2(C)CC[C@H](CC(=O)c4cccnc4)C(C)(C)[C@@H]2CC[C@]13C. The van der Waals surface area contributed by atoms with E-state index in [0.717, 1.165) is 63.5 Å². The molecule has 1 aliphatic heterocycles. The van der Waals surface area contributed by atoms with Crippen molar-refractivity contribution in [1.82, 2.24) is 15.2 Å². The van der Waals surface area contributed by atoms with Crippen molar-refractivity contribution in [2.45, 2.75) is 132 Å². The van der Waals surface area contributed by atoms with Gasteiger partial charge in [-0.25, -0.2) is 8.42 Å². The van der Waals surface area contributed by atoms with Crippen LogP contribution in [0.4, 0.5) is 0 Å². The maximum absolute atomic E-state index is 14.5. The molecule has 1 aromatic heterocycles. The van der Waals surface area contributed by atoms with Crippen molar-refractivity contribution in [1.29, 1.82) is 0 Å². The number of hydrogen-bond donors (Lipinski definition) is 1. The number of nitrogens with zero attached hydrogens (tertiary/aromatic N) is 2. The molecule has 0 unspecified atom stereocenters. The Hall–Kier alpha value is -2.06. The summed E-state index contributed by atoms with van der Waals surface area (Å²) in [4.78, 5) is 34.4. The topological polar surface area (TPSA) is 96.4 Å². The van der Waals surface area contributed by atoms with Crippen LogP contribution in [-0.4, -0.2) is 67.7 Å². The van der Waals surface area contributed by atoms with Crippen LogP contribution in [0.1, 0.15) is 142 Å². The van der Waals surface area contributed by atoms with E-state index in [-0.39, 0.29) is 50.3 Å². The van der Waals surface area contributed by atoms with Crippen LogP contribution in [0, 0.1) is 50.2 Å². The Labute approximate surface area is 314 Å². The van der Waals surface area contributed by atoms with E-state index in [4.69, 9.17) is 0 Å². The number of hydrogen-bond acceptors (Lipinski definition) is 6. The fourth-order valence-corrected chi connectivity index (χ4v) is 14.9. The lowest BCUT2D eigenvalue weighted by Crippen LogP contribution is -2.64. The lowest BCUT2D eigenvalue weighted by molar-refractivity contribution is -0.193. The van der Waals surface area contributed by atoms with Crippen molar-refractivity contribution in [2.75, 3.05) is 37.7 Å². The number of rotatable bonds is 8. The first-order valence-electron chi connectivity index (χ1n) is 20.7. The van der Waals surface area contributed by atoms with Gasteiger partial charge in [0.15, 0.2) is 15.6 Å². The second-order valence-electron chi connectivity index (χ2n) is 20.3. The Morgan fingerprint density at radius 3 is 2.33 bits per heavy atom. The fourth-order valence-electron chi connectivity index (χ4n) is 13.6. The third kappa shape index (κ3) is 6.26. The van der Waals surface area contributed by atoms with Crippen LogP contribution in [0.2, 0.25) is 0 Å². The van der Waals surface area contributed by atoms with Gasteiger partial charge in [-0.05, 0) is 141 Å². The second kappa shape index (κ2) is 13.3. The van der Waals surface area contributed by atoms with Gasteiger partial charge >= 0.3 is 0 Å². The van der Waals surface area contributed by atoms with Crippen LogP contribution in [-0.2, 0) is 14.6 Å². The van der Waals surface area contributed by atoms with Crippen LogP contribution in [0.5, 0.6) is 0 Å². The highest BCUT2D eigenvalue weighted by Gasteiger charge is 2.68. The first-order valence-corrected chi connectivity index (χ1v) is 22.6. The molecule has 8 heteroatoms. The number of carbonyl (C=O) groups is 2. The van der Waals surface area contributed by atoms with Crippen molar-refractivity contribution < 1.29 is 18.0 Å². The van der Waals surface area contributed by atoms with Crippen LogP contribution in [0.3, 0.4) is 0 Å². The van der Waals surface area contributed by atoms with Crippen LogP contribution in [0.15, 0.2) is 35.7 Å². The summed E-state index contributed by atoms with van der Waals surface area (Å²) in [5, 5.41) is 3.43. The van der Waals surface area contributed by atoms with Gasteiger partial charge in [0.1, 0.15) is 0 Å². The molecule has 288 valence electrons. The lowest BCUT2D eigenvalue weighted by Gasteiger charge is -2.71. The number of allylic oxidation sites excluding steroid dienone is 1. The zero-order valence-electron chi connectivity index (χ0n) is 33.4. The minimum absolute atomic E-state index is 0.0856. The van der Waals surface area contributed by atoms with Gasteiger partial charge in [-0.1, -0.05) is 59.6 Å². The molecule has 5 aliphatic carbocycles. The average molecular weight is 734 g/mol. The maximum atomic E-state index is 14.5. The zero-order chi connectivity index (χ0) is 37.4. The van der Waals surface area contributed by atoms with Gasteiger partial charge in [-0.3, -0.25) is 14.6 Å². The summed E-state index contributed by atoms with van der Waals surface area (Å²) in [5.41, 5.74) is 4.28. The largest absolute Gasteiger partial charge is 0.355 e. The third-order valence-electron chi connectivity index (χ3n) is 17.0. The van der Waals surface area contributed by atoms with Crippen LogP contribution in [0.25, 0.3) is 0 Å². The van der Waals surface area contributed by atoms with Gasteiger partial charge in [0.25, 0.3) is 0 Å². The van der Waals surface area contributed by atoms with E-state index in [9.17, 15) is 18.0 Å². The van der Waals surface area contributed by atoms with Gasteiger partial charge in [0, 0.05) is 44.0 Å². The smallest absolute Gasteiger partial charge is 0.230 e. The molecule has 7 rings (SSSR count). The summed E-state index contributed by atoms with van der Waals surface area (Å²) in [6, 6.07) is 3.79. The summed E-state index contributed by atoms with van der Waals surface area (Å²) in [6.45, 7) is 20.4. The molecule has 1 amide bonds. The number of carbonyl (C=O) groups excluding carboxylic acids is 2. The monoisotopic (exact) mass is 733 g/mol. The van der Waals surface area contributed by atoms with Crippen molar-refractivity contribution in [3.63, 3.8) is 0 Å². The summed E-state index contributed by atoms with van der Waals surface area (Å²) >= 11 is 0. The van der Waals surface area contributed by atoms with E-state index < -0.39 is 15.3 Å². The standard InChI is InChI=1S/C44H67N3O4S/c1-39(2)17-19-44(38(49)46-22-9-23-47-24-26-52(50,51)27-25-47)20-18-42(6)33(34(44)29-39)11-12-37-41(5)15-13-32(28-35(48)31-10-8-21-45-30-31)40(3,4)36(41)14-16-43(37,42)7/h8,10,21,30,32,36-37H,9,11-20,22-29H2,1-7H3,(H,46,49)/t32-,36+,37-,41+,42-,43-,44+/m1/s1.